The third-order valence-electron chi connectivity index (χ3n) is 2.77. The number of ether oxygens (including phenoxy) is 1. The van der Waals surface area contributed by atoms with E-state index in [2.05, 4.69) is 10.2 Å². The molecule has 0 saturated heterocycles. The van der Waals surface area contributed by atoms with Crippen LogP contribution in [-0.2, 0) is 10.5 Å². The summed E-state index contributed by atoms with van der Waals surface area (Å²) in [6.45, 7) is 1.75. The van der Waals surface area contributed by atoms with Crippen LogP contribution in [0.3, 0.4) is 0 Å². The zero-order valence-corrected chi connectivity index (χ0v) is 13.3. The molecule has 0 spiro atoms. The highest BCUT2D eigenvalue weighted by Gasteiger charge is 2.02. The molecule has 0 aliphatic rings. The minimum Gasteiger partial charge on any atom is -0.497 e. The average molecular weight is 296 g/mol. The van der Waals surface area contributed by atoms with Crippen LogP contribution in [0.15, 0.2) is 24.3 Å². The predicted molar refractivity (Wildman–Crippen MR) is 85.3 cm³/mol. The molecule has 1 N–H and O–H groups in total. The van der Waals surface area contributed by atoms with Crippen LogP contribution in [0.1, 0.15) is 12.0 Å². The Hall–Kier alpha value is -1.20. The van der Waals surface area contributed by atoms with Crippen molar-refractivity contribution in [3.05, 3.63) is 29.8 Å². The van der Waals surface area contributed by atoms with Crippen molar-refractivity contribution in [3.8, 4) is 5.75 Å². The molecule has 0 bridgehead atoms. The first-order valence-electron chi connectivity index (χ1n) is 6.74. The van der Waals surface area contributed by atoms with Gasteiger partial charge in [-0.3, -0.25) is 4.79 Å². The van der Waals surface area contributed by atoms with Crippen molar-refractivity contribution in [3.63, 3.8) is 0 Å². The van der Waals surface area contributed by atoms with Crippen molar-refractivity contribution in [2.75, 3.05) is 40.0 Å². The van der Waals surface area contributed by atoms with E-state index in [1.165, 1.54) is 5.56 Å². The number of carbonyl (C=O) groups excluding carboxylic acids is 1. The summed E-state index contributed by atoms with van der Waals surface area (Å²) in [4.78, 5) is 13.7. The van der Waals surface area contributed by atoms with E-state index < -0.39 is 0 Å². The molecular weight excluding hydrogens is 272 g/mol. The molecule has 1 aromatic carbocycles. The van der Waals surface area contributed by atoms with Gasteiger partial charge >= 0.3 is 0 Å². The fraction of sp³-hybridized carbons (Fsp3) is 0.533. The van der Waals surface area contributed by atoms with Crippen molar-refractivity contribution >= 4 is 17.7 Å². The summed E-state index contributed by atoms with van der Waals surface area (Å²) in [6, 6.07) is 7.94. The van der Waals surface area contributed by atoms with Gasteiger partial charge in [-0.15, -0.1) is 11.8 Å². The van der Waals surface area contributed by atoms with Crippen LogP contribution in [0.2, 0.25) is 0 Å². The molecule has 0 radical (unpaired) electrons. The Morgan fingerprint density at radius 1 is 1.30 bits per heavy atom. The lowest BCUT2D eigenvalue weighted by Crippen LogP contribution is -2.28. The Bertz CT molecular complexity index is 393. The fourth-order valence-corrected chi connectivity index (χ4v) is 2.48. The highest BCUT2D eigenvalue weighted by Crippen LogP contribution is 2.16. The number of nitrogens with zero attached hydrogens (tertiary/aromatic N) is 1. The van der Waals surface area contributed by atoms with Crippen LogP contribution < -0.4 is 10.1 Å². The van der Waals surface area contributed by atoms with Crippen molar-refractivity contribution in [1.29, 1.82) is 0 Å². The maximum absolute atomic E-state index is 11.6. The third kappa shape index (κ3) is 7.40. The number of hydrogen-bond acceptors (Lipinski definition) is 4. The van der Waals surface area contributed by atoms with Crippen LogP contribution in [0, 0.1) is 0 Å². The maximum atomic E-state index is 11.6. The first-order chi connectivity index (χ1) is 9.61. The lowest BCUT2D eigenvalue weighted by Gasteiger charge is -2.09. The molecule has 1 amide bonds. The second kappa shape index (κ2) is 9.66. The lowest BCUT2D eigenvalue weighted by atomic mass is 10.2. The summed E-state index contributed by atoms with van der Waals surface area (Å²) >= 11 is 1.63. The SMILES string of the molecule is COc1ccc(CSCC(=O)NCCCN(C)C)cc1. The normalized spacial score (nSPS) is 10.6. The van der Waals surface area contributed by atoms with Crippen LogP contribution in [-0.4, -0.2) is 50.9 Å². The molecule has 112 valence electrons. The Morgan fingerprint density at radius 3 is 2.60 bits per heavy atom. The Kier molecular flexibility index (Phi) is 8.14. The third-order valence-corrected chi connectivity index (χ3v) is 3.77. The molecule has 5 heteroatoms. The number of benzene rings is 1. The van der Waals surface area contributed by atoms with Gasteiger partial charge in [-0.05, 0) is 44.8 Å². The summed E-state index contributed by atoms with van der Waals surface area (Å²) in [5.41, 5.74) is 1.20. The molecule has 1 aromatic rings. The fourth-order valence-electron chi connectivity index (χ4n) is 1.66. The molecule has 0 aliphatic carbocycles. The number of carbonyl (C=O) groups is 1. The lowest BCUT2D eigenvalue weighted by molar-refractivity contribution is -0.118. The van der Waals surface area contributed by atoms with E-state index in [-0.39, 0.29) is 5.91 Å². The molecule has 0 heterocycles. The predicted octanol–water partition coefficient (Wildman–Crippen LogP) is 2.00. The van der Waals surface area contributed by atoms with E-state index in [0.717, 1.165) is 31.0 Å². The van der Waals surface area contributed by atoms with Gasteiger partial charge in [0.2, 0.25) is 5.91 Å². The maximum Gasteiger partial charge on any atom is 0.230 e. The Morgan fingerprint density at radius 2 is 2.00 bits per heavy atom. The minimum atomic E-state index is 0.113. The average Bonchev–Trinajstić information content (AvgIpc) is 2.44. The number of amides is 1. The van der Waals surface area contributed by atoms with Crippen molar-refractivity contribution in [2.45, 2.75) is 12.2 Å². The Labute approximate surface area is 125 Å². The van der Waals surface area contributed by atoms with E-state index in [1.54, 1.807) is 18.9 Å². The van der Waals surface area contributed by atoms with Gasteiger partial charge in [-0.2, -0.15) is 0 Å². The minimum absolute atomic E-state index is 0.113. The standard InChI is InChI=1S/C15H24N2O2S/c1-17(2)10-4-9-16-15(18)12-20-11-13-5-7-14(19-3)8-6-13/h5-8H,4,9-12H2,1-3H3,(H,16,18). The van der Waals surface area contributed by atoms with E-state index in [0.29, 0.717) is 5.75 Å². The van der Waals surface area contributed by atoms with Gasteiger partial charge in [-0.1, -0.05) is 12.1 Å². The largest absolute Gasteiger partial charge is 0.497 e. The van der Waals surface area contributed by atoms with Gasteiger partial charge in [0.1, 0.15) is 5.75 Å². The molecule has 0 aromatic heterocycles. The number of thioether (sulfide) groups is 1. The zero-order chi connectivity index (χ0) is 14.8. The first-order valence-corrected chi connectivity index (χ1v) is 7.89. The van der Waals surface area contributed by atoms with E-state index >= 15 is 0 Å². The zero-order valence-electron chi connectivity index (χ0n) is 12.5. The molecule has 0 aliphatic heterocycles. The van der Waals surface area contributed by atoms with Gasteiger partial charge in [0.05, 0.1) is 12.9 Å². The van der Waals surface area contributed by atoms with Crippen molar-refractivity contribution in [1.82, 2.24) is 10.2 Å². The summed E-state index contributed by atoms with van der Waals surface area (Å²) in [6.07, 6.45) is 0.988. The molecule has 4 nitrogen and oxygen atoms in total. The van der Waals surface area contributed by atoms with Gasteiger partial charge in [-0.25, -0.2) is 0 Å². The highest BCUT2D eigenvalue weighted by molar-refractivity contribution is 7.99. The number of rotatable bonds is 9. The summed E-state index contributed by atoms with van der Waals surface area (Å²) in [7, 11) is 5.73. The molecule has 0 atom stereocenters. The quantitative estimate of drug-likeness (QED) is 0.708. The smallest absolute Gasteiger partial charge is 0.230 e. The summed E-state index contributed by atoms with van der Waals surface area (Å²) in [5.74, 6) is 2.32. The molecule has 1 rings (SSSR count). The number of methoxy groups -OCH3 is 1. The van der Waals surface area contributed by atoms with E-state index in [9.17, 15) is 4.79 Å². The Balaban J connectivity index is 2.11. The second-order valence-corrected chi connectivity index (χ2v) is 5.83. The van der Waals surface area contributed by atoms with Crippen LogP contribution in [0.25, 0.3) is 0 Å². The van der Waals surface area contributed by atoms with Crippen LogP contribution in [0.4, 0.5) is 0 Å². The van der Waals surface area contributed by atoms with Gasteiger partial charge < -0.3 is 15.0 Å². The number of hydrogen-bond donors (Lipinski definition) is 1. The van der Waals surface area contributed by atoms with E-state index in [4.69, 9.17) is 4.74 Å². The molecule has 0 fully saturated rings. The molecule has 20 heavy (non-hydrogen) atoms. The van der Waals surface area contributed by atoms with Crippen molar-refractivity contribution in [2.24, 2.45) is 0 Å². The summed E-state index contributed by atoms with van der Waals surface area (Å²) in [5, 5.41) is 2.94. The second-order valence-electron chi connectivity index (χ2n) is 4.85. The monoisotopic (exact) mass is 296 g/mol. The van der Waals surface area contributed by atoms with Crippen LogP contribution in [0.5, 0.6) is 5.75 Å². The van der Waals surface area contributed by atoms with Gasteiger partial charge in [0, 0.05) is 12.3 Å². The van der Waals surface area contributed by atoms with Gasteiger partial charge in [0.15, 0.2) is 0 Å². The molecular formula is C15H24N2O2S. The highest BCUT2D eigenvalue weighted by atomic mass is 32.2. The van der Waals surface area contributed by atoms with Crippen LogP contribution >= 0.6 is 11.8 Å². The molecule has 0 unspecified atom stereocenters. The first kappa shape index (κ1) is 16.9. The number of nitrogens with one attached hydrogen (secondary N) is 1. The topological polar surface area (TPSA) is 41.6 Å². The van der Waals surface area contributed by atoms with E-state index in [1.807, 2.05) is 38.4 Å². The molecule has 0 saturated carbocycles. The van der Waals surface area contributed by atoms with Gasteiger partial charge in [0.25, 0.3) is 0 Å². The van der Waals surface area contributed by atoms with Crippen molar-refractivity contribution < 1.29 is 9.53 Å². The summed E-state index contributed by atoms with van der Waals surface area (Å²) < 4.78 is 5.11.